The van der Waals surface area contributed by atoms with E-state index >= 15 is 0 Å². The summed E-state index contributed by atoms with van der Waals surface area (Å²) in [7, 11) is 1.83. The van der Waals surface area contributed by atoms with Gasteiger partial charge >= 0.3 is 6.03 Å². The van der Waals surface area contributed by atoms with Gasteiger partial charge in [0.2, 0.25) is 0 Å². The lowest BCUT2D eigenvalue weighted by Crippen LogP contribution is -2.38. The van der Waals surface area contributed by atoms with Gasteiger partial charge in [-0.3, -0.25) is 0 Å². The number of urea groups is 1. The first-order valence-electron chi connectivity index (χ1n) is 6.68. The molecule has 3 nitrogen and oxygen atoms in total. The van der Waals surface area contributed by atoms with E-state index in [-0.39, 0.29) is 12.1 Å². The quantitative estimate of drug-likeness (QED) is 0.907. The van der Waals surface area contributed by atoms with E-state index in [9.17, 15) is 4.79 Å². The second-order valence-corrected chi connectivity index (χ2v) is 5.87. The SMILES string of the molecule is Cc1ccccc1CNC(=O)N(C)C(C)c1cccs1. The highest BCUT2D eigenvalue weighted by molar-refractivity contribution is 7.10. The Morgan fingerprint density at radius 3 is 2.70 bits per heavy atom. The Hall–Kier alpha value is -1.81. The number of hydrogen-bond acceptors (Lipinski definition) is 2. The van der Waals surface area contributed by atoms with Crippen LogP contribution in [0.1, 0.15) is 29.0 Å². The van der Waals surface area contributed by atoms with Gasteiger partial charge in [0.25, 0.3) is 0 Å². The van der Waals surface area contributed by atoms with Gasteiger partial charge in [0, 0.05) is 18.5 Å². The zero-order valence-corrected chi connectivity index (χ0v) is 12.9. The summed E-state index contributed by atoms with van der Waals surface area (Å²) in [6.45, 7) is 4.66. The van der Waals surface area contributed by atoms with Crippen molar-refractivity contribution in [2.24, 2.45) is 0 Å². The second kappa shape index (κ2) is 6.57. The van der Waals surface area contributed by atoms with Gasteiger partial charge in [0.15, 0.2) is 0 Å². The van der Waals surface area contributed by atoms with Crippen LogP contribution < -0.4 is 5.32 Å². The number of hydrogen-bond donors (Lipinski definition) is 1. The highest BCUT2D eigenvalue weighted by Crippen LogP contribution is 2.23. The molecule has 1 atom stereocenters. The summed E-state index contributed by atoms with van der Waals surface area (Å²) in [5.74, 6) is 0. The number of benzene rings is 1. The van der Waals surface area contributed by atoms with Crippen LogP contribution in [-0.2, 0) is 6.54 Å². The molecule has 2 aromatic rings. The summed E-state index contributed by atoms with van der Waals surface area (Å²) in [6, 6.07) is 12.2. The molecule has 1 unspecified atom stereocenters. The molecule has 0 saturated heterocycles. The Labute approximate surface area is 124 Å². The van der Waals surface area contributed by atoms with Gasteiger partial charge in [-0.25, -0.2) is 4.79 Å². The summed E-state index contributed by atoms with van der Waals surface area (Å²) in [6.07, 6.45) is 0. The standard InChI is InChI=1S/C16H20N2OS/c1-12-7-4-5-8-14(12)11-17-16(19)18(3)13(2)15-9-6-10-20-15/h4-10,13H,11H2,1-3H3,(H,17,19). The fourth-order valence-electron chi connectivity index (χ4n) is 2.00. The Kier molecular flexibility index (Phi) is 4.79. The van der Waals surface area contributed by atoms with Crippen LogP contribution in [0.15, 0.2) is 41.8 Å². The number of amides is 2. The third-order valence-electron chi connectivity index (χ3n) is 3.55. The van der Waals surface area contributed by atoms with Crippen molar-refractivity contribution in [3.63, 3.8) is 0 Å². The van der Waals surface area contributed by atoms with Gasteiger partial charge in [-0.15, -0.1) is 11.3 Å². The minimum Gasteiger partial charge on any atom is -0.334 e. The molecular formula is C16H20N2OS. The summed E-state index contributed by atoms with van der Waals surface area (Å²) in [5.41, 5.74) is 2.35. The highest BCUT2D eigenvalue weighted by atomic mass is 32.1. The third kappa shape index (κ3) is 3.39. The third-order valence-corrected chi connectivity index (χ3v) is 4.59. The number of aryl methyl sites for hydroxylation is 1. The lowest BCUT2D eigenvalue weighted by Gasteiger charge is -2.24. The molecule has 0 spiro atoms. The lowest BCUT2D eigenvalue weighted by atomic mass is 10.1. The molecule has 4 heteroatoms. The van der Waals surface area contributed by atoms with Crippen molar-refractivity contribution in [1.29, 1.82) is 0 Å². The smallest absolute Gasteiger partial charge is 0.317 e. The number of rotatable bonds is 4. The van der Waals surface area contributed by atoms with Crippen LogP contribution in [0.4, 0.5) is 4.79 Å². The predicted molar refractivity (Wildman–Crippen MR) is 83.9 cm³/mol. The van der Waals surface area contributed by atoms with Gasteiger partial charge in [0.05, 0.1) is 6.04 Å². The zero-order chi connectivity index (χ0) is 14.5. The van der Waals surface area contributed by atoms with E-state index in [2.05, 4.69) is 24.4 Å². The van der Waals surface area contributed by atoms with Crippen LogP contribution in [0.5, 0.6) is 0 Å². The maximum absolute atomic E-state index is 12.2. The van der Waals surface area contributed by atoms with E-state index < -0.39 is 0 Å². The topological polar surface area (TPSA) is 32.3 Å². The van der Waals surface area contributed by atoms with Crippen LogP contribution in [0, 0.1) is 6.92 Å². The minimum absolute atomic E-state index is 0.0471. The Morgan fingerprint density at radius 2 is 2.05 bits per heavy atom. The molecule has 0 fully saturated rings. The van der Waals surface area contributed by atoms with Crippen molar-refractivity contribution in [2.75, 3.05) is 7.05 Å². The number of carbonyl (C=O) groups is 1. The Balaban J connectivity index is 1.93. The average Bonchev–Trinajstić information content (AvgIpc) is 2.98. The van der Waals surface area contributed by atoms with Gasteiger partial charge < -0.3 is 10.2 Å². The molecule has 0 radical (unpaired) electrons. The van der Waals surface area contributed by atoms with Gasteiger partial charge in [-0.05, 0) is 36.4 Å². The van der Waals surface area contributed by atoms with E-state index in [1.807, 2.05) is 43.6 Å². The molecule has 2 rings (SSSR count). The van der Waals surface area contributed by atoms with E-state index in [0.717, 1.165) is 5.56 Å². The van der Waals surface area contributed by atoms with E-state index in [4.69, 9.17) is 0 Å². The summed E-state index contributed by atoms with van der Waals surface area (Å²) in [4.78, 5) is 15.1. The number of carbonyl (C=O) groups excluding carboxylic acids is 1. The zero-order valence-electron chi connectivity index (χ0n) is 12.1. The monoisotopic (exact) mass is 288 g/mol. The molecule has 0 saturated carbocycles. The molecule has 1 heterocycles. The van der Waals surface area contributed by atoms with Gasteiger partial charge in [-0.1, -0.05) is 30.3 Å². The highest BCUT2D eigenvalue weighted by Gasteiger charge is 2.17. The largest absolute Gasteiger partial charge is 0.334 e. The van der Waals surface area contributed by atoms with Gasteiger partial charge in [0.1, 0.15) is 0 Å². The summed E-state index contributed by atoms with van der Waals surface area (Å²) in [5, 5.41) is 5.01. The molecule has 0 aliphatic rings. The molecular weight excluding hydrogens is 268 g/mol. The number of thiophene rings is 1. The first kappa shape index (κ1) is 14.6. The van der Waals surface area contributed by atoms with Crippen molar-refractivity contribution in [2.45, 2.75) is 26.4 Å². The molecule has 20 heavy (non-hydrogen) atoms. The maximum Gasteiger partial charge on any atom is 0.317 e. The van der Waals surface area contributed by atoms with E-state index in [0.29, 0.717) is 6.54 Å². The van der Waals surface area contributed by atoms with Crippen LogP contribution in [0.2, 0.25) is 0 Å². The minimum atomic E-state index is -0.0471. The van der Waals surface area contributed by atoms with Crippen molar-refractivity contribution in [1.82, 2.24) is 10.2 Å². The molecule has 0 aliphatic carbocycles. The second-order valence-electron chi connectivity index (χ2n) is 4.89. The average molecular weight is 288 g/mol. The maximum atomic E-state index is 12.2. The molecule has 2 amide bonds. The summed E-state index contributed by atoms with van der Waals surface area (Å²) >= 11 is 1.67. The molecule has 1 aromatic carbocycles. The summed E-state index contributed by atoms with van der Waals surface area (Å²) < 4.78 is 0. The van der Waals surface area contributed by atoms with Crippen LogP contribution in [0.3, 0.4) is 0 Å². The molecule has 0 aliphatic heterocycles. The Bertz CT molecular complexity index is 566. The van der Waals surface area contributed by atoms with Crippen molar-refractivity contribution < 1.29 is 4.79 Å². The first-order valence-corrected chi connectivity index (χ1v) is 7.56. The van der Waals surface area contributed by atoms with E-state index in [1.54, 1.807) is 16.2 Å². The molecule has 106 valence electrons. The van der Waals surface area contributed by atoms with Crippen LogP contribution >= 0.6 is 11.3 Å². The predicted octanol–water partition coefficient (Wildman–Crippen LogP) is 3.96. The first-order chi connectivity index (χ1) is 9.59. The van der Waals surface area contributed by atoms with Gasteiger partial charge in [-0.2, -0.15) is 0 Å². The van der Waals surface area contributed by atoms with Crippen molar-refractivity contribution in [3.8, 4) is 0 Å². The van der Waals surface area contributed by atoms with Crippen molar-refractivity contribution in [3.05, 3.63) is 57.8 Å². The fraction of sp³-hybridized carbons (Fsp3) is 0.312. The number of nitrogens with zero attached hydrogens (tertiary/aromatic N) is 1. The Morgan fingerprint density at radius 1 is 1.30 bits per heavy atom. The van der Waals surface area contributed by atoms with E-state index in [1.165, 1.54) is 10.4 Å². The van der Waals surface area contributed by atoms with Crippen LogP contribution in [-0.4, -0.2) is 18.0 Å². The normalized spacial score (nSPS) is 11.9. The molecule has 0 bridgehead atoms. The molecule has 1 aromatic heterocycles. The van der Waals surface area contributed by atoms with Crippen molar-refractivity contribution >= 4 is 17.4 Å². The number of nitrogens with one attached hydrogen (secondary N) is 1. The van der Waals surface area contributed by atoms with Crippen LogP contribution in [0.25, 0.3) is 0 Å². The molecule has 1 N–H and O–H groups in total. The lowest BCUT2D eigenvalue weighted by molar-refractivity contribution is 0.194. The fourth-order valence-corrected chi connectivity index (χ4v) is 2.83.